The van der Waals surface area contributed by atoms with Crippen molar-refractivity contribution >= 4 is 16.9 Å². The summed E-state index contributed by atoms with van der Waals surface area (Å²) < 4.78 is 17.7. The Balaban J connectivity index is 2.10. The molecular weight excluding hydrogens is 335 g/mol. The number of allylic oxidation sites excluding steroid dienone is 1. The maximum atomic E-state index is 13.1. The van der Waals surface area contributed by atoms with Gasteiger partial charge in [-0.2, -0.15) is 0 Å². The Hall–Kier alpha value is -3.28. The third-order valence-electron chi connectivity index (χ3n) is 3.99. The first-order valence-electron chi connectivity index (χ1n) is 7.97. The zero-order chi connectivity index (χ0) is 18.7. The van der Waals surface area contributed by atoms with Gasteiger partial charge in [-0.1, -0.05) is 18.2 Å². The molecule has 1 aromatic carbocycles. The highest BCUT2D eigenvalue weighted by molar-refractivity contribution is 5.98. The van der Waals surface area contributed by atoms with Gasteiger partial charge in [-0.25, -0.2) is 14.2 Å². The first kappa shape index (κ1) is 17.5. The van der Waals surface area contributed by atoms with E-state index in [9.17, 15) is 14.3 Å². The van der Waals surface area contributed by atoms with Crippen molar-refractivity contribution < 1.29 is 19.0 Å². The third kappa shape index (κ3) is 3.39. The van der Waals surface area contributed by atoms with Crippen LogP contribution in [0.4, 0.5) is 4.39 Å². The molecule has 0 amide bonds. The number of carbonyl (C=O) groups is 1. The van der Waals surface area contributed by atoms with Crippen molar-refractivity contribution in [1.82, 2.24) is 9.97 Å². The standard InChI is InChI=1S/C20H17FN2O3/c1-3-4-16-15-10-13(9-12-5-7-14(21)8-6-12)11-22-17(15)19(24)18(23-16)20(25)26-2/h3,5-8,10-11,24H,1,4,9H2,2H3. The molecule has 2 heterocycles. The molecule has 0 atom stereocenters. The lowest BCUT2D eigenvalue weighted by atomic mass is 10.0. The lowest BCUT2D eigenvalue weighted by Crippen LogP contribution is -2.08. The SMILES string of the molecule is C=CCc1nc(C(=O)OC)c(O)c2ncc(Cc3ccc(F)cc3)cc12. The maximum absolute atomic E-state index is 13.1. The number of hydrogen-bond donors (Lipinski definition) is 1. The fourth-order valence-corrected chi connectivity index (χ4v) is 2.74. The number of esters is 1. The number of pyridine rings is 2. The van der Waals surface area contributed by atoms with Crippen LogP contribution in [0.15, 0.2) is 49.2 Å². The summed E-state index contributed by atoms with van der Waals surface area (Å²) in [4.78, 5) is 20.4. The van der Waals surface area contributed by atoms with Crippen LogP contribution < -0.4 is 0 Å². The molecule has 0 spiro atoms. The van der Waals surface area contributed by atoms with Gasteiger partial charge in [-0.05, 0) is 35.7 Å². The van der Waals surface area contributed by atoms with Crippen molar-refractivity contribution in [3.8, 4) is 5.75 Å². The monoisotopic (exact) mass is 352 g/mol. The molecule has 5 nitrogen and oxygen atoms in total. The number of ether oxygens (including phenoxy) is 1. The molecule has 0 saturated carbocycles. The predicted molar refractivity (Wildman–Crippen MR) is 95.6 cm³/mol. The highest BCUT2D eigenvalue weighted by atomic mass is 19.1. The lowest BCUT2D eigenvalue weighted by molar-refractivity contribution is 0.0590. The molecule has 0 unspecified atom stereocenters. The van der Waals surface area contributed by atoms with Gasteiger partial charge in [0.2, 0.25) is 0 Å². The summed E-state index contributed by atoms with van der Waals surface area (Å²) in [6, 6.07) is 8.09. The number of aromatic hydroxyl groups is 1. The Kier molecular flexibility index (Phi) is 4.93. The Labute approximate surface area is 149 Å². The van der Waals surface area contributed by atoms with Crippen molar-refractivity contribution in [2.24, 2.45) is 0 Å². The van der Waals surface area contributed by atoms with E-state index in [1.807, 2.05) is 6.07 Å². The molecule has 3 aromatic rings. The molecule has 0 aliphatic rings. The van der Waals surface area contributed by atoms with Gasteiger partial charge >= 0.3 is 5.97 Å². The lowest BCUT2D eigenvalue weighted by Gasteiger charge is -2.11. The molecule has 0 aliphatic heterocycles. The van der Waals surface area contributed by atoms with Crippen LogP contribution in [0.2, 0.25) is 0 Å². The number of nitrogens with zero attached hydrogens (tertiary/aromatic N) is 2. The maximum Gasteiger partial charge on any atom is 0.360 e. The van der Waals surface area contributed by atoms with Crippen molar-refractivity contribution in [1.29, 1.82) is 0 Å². The summed E-state index contributed by atoms with van der Waals surface area (Å²) in [7, 11) is 1.22. The number of methoxy groups -OCH3 is 1. The molecule has 0 radical (unpaired) electrons. The largest absolute Gasteiger partial charge is 0.504 e. The molecule has 2 aromatic heterocycles. The third-order valence-corrected chi connectivity index (χ3v) is 3.99. The second-order valence-electron chi connectivity index (χ2n) is 5.78. The molecule has 0 aliphatic carbocycles. The summed E-state index contributed by atoms with van der Waals surface area (Å²) in [5.41, 5.74) is 2.49. The molecule has 26 heavy (non-hydrogen) atoms. The Morgan fingerprint density at radius 3 is 2.69 bits per heavy atom. The zero-order valence-corrected chi connectivity index (χ0v) is 14.2. The number of rotatable bonds is 5. The molecular formula is C20H17FN2O3. The van der Waals surface area contributed by atoms with Gasteiger partial charge < -0.3 is 9.84 Å². The minimum absolute atomic E-state index is 0.171. The summed E-state index contributed by atoms with van der Waals surface area (Å²) >= 11 is 0. The predicted octanol–water partition coefficient (Wildman–Crippen LogP) is 3.58. The van der Waals surface area contributed by atoms with Gasteiger partial charge in [0.15, 0.2) is 11.4 Å². The number of fused-ring (bicyclic) bond motifs is 1. The molecule has 0 fully saturated rings. The topological polar surface area (TPSA) is 72.3 Å². The average Bonchev–Trinajstić information content (AvgIpc) is 2.65. The number of carbonyl (C=O) groups excluding carboxylic acids is 1. The van der Waals surface area contributed by atoms with E-state index < -0.39 is 5.97 Å². The van der Waals surface area contributed by atoms with Crippen LogP contribution in [0.5, 0.6) is 5.75 Å². The fourth-order valence-electron chi connectivity index (χ4n) is 2.74. The molecule has 6 heteroatoms. The van der Waals surface area contributed by atoms with Gasteiger partial charge in [0.1, 0.15) is 11.3 Å². The summed E-state index contributed by atoms with van der Waals surface area (Å²) in [6.07, 6.45) is 4.23. The van der Waals surface area contributed by atoms with Crippen LogP contribution in [0, 0.1) is 5.82 Å². The van der Waals surface area contributed by atoms with Crippen LogP contribution in [0.25, 0.3) is 10.9 Å². The normalized spacial score (nSPS) is 10.7. The highest BCUT2D eigenvalue weighted by Gasteiger charge is 2.20. The van der Waals surface area contributed by atoms with E-state index in [1.165, 1.54) is 19.2 Å². The number of halogens is 1. The van der Waals surface area contributed by atoms with E-state index in [2.05, 4.69) is 21.3 Å². The Morgan fingerprint density at radius 2 is 2.04 bits per heavy atom. The first-order chi connectivity index (χ1) is 12.5. The van der Waals surface area contributed by atoms with Crippen molar-refractivity contribution in [3.05, 3.63) is 77.5 Å². The second-order valence-corrected chi connectivity index (χ2v) is 5.78. The first-order valence-corrected chi connectivity index (χ1v) is 7.97. The van der Waals surface area contributed by atoms with E-state index in [0.717, 1.165) is 11.1 Å². The minimum Gasteiger partial charge on any atom is -0.504 e. The number of aromatic nitrogens is 2. The second kappa shape index (κ2) is 7.31. The van der Waals surface area contributed by atoms with Crippen LogP contribution in [0.1, 0.15) is 27.3 Å². The van der Waals surface area contributed by atoms with Crippen molar-refractivity contribution in [2.75, 3.05) is 7.11 Å². The van der Waals surface area contributed by atoms with Gasteiger partial charge in [0.05, 0.1) is 12.8 Å². The van der Waals surface area contributed by atoms with E-state index in [4.69, 9.17) is 0 Å². The van der Waals surface area contributed by atoms with Gasteiger partial charge in [0, 0.05) is 18.0 Å². The Bertz CT molecular complexity index is 985. The van der Waals surface area contributed by atoms with Crippen LogP contribution in [-0.4, -0.2) is 28.2 Å². The number of benzene rings is 1. The van der Waals surface area contributed by atoms with E-state index in [0.29, 0.717) is 23.9 Å². The fraction of sp³-hybridized carbons (Fsp3) is 0.150. The Morgan fingerprint density at radius 1 is 1.31 bits per heavy atom. The van der Waals surface area contributed by atoms with Crippen LogP contribution >= 0.6 is 0 Å². The highest BCUT2D eigenvalue weighted by Crippen LogP contribution is 2.30. The minimum atomic E-state index is -0.730. The molecule has 1 N–H and O–H groups in total. The zero-order valence-electron chi connectivity index (χ0n) is 14.2. The summed E-state index contributed by atoms with van der Waals surface area (Å²) in [5.74, 6) is -1.33. The summed E-state index contributed by atoms with van der Waals surface area (Å²) in [6.45, 7) is 3.70. The van der Waals surface area contributed by atoms with Gasteiger partial charge in [0.25, 0.3) is 0 Å². The smallest absolute Gasteiger partial charge is 0.360 e. The van der Waals surface area contributed by atoms with Crippen molar-refractivity contribution in [3.63, 3.8) is 0 Å². The van der Waals surface area contributed by atoms with Crippen LogP contribution in [-0.2, 0) is 17.6 Å². The average molecular weight is 352 g/mol. The van der Waals surface area contributed by atoms with Crippen molar-refractivity contribution in [2.45, 2.75) is 12.8 Å². The van der Waals surface area contributed by atoms with E-state index in [-0.39, 0.29) is 22.8 Å². The van der Waals surface area contributed by atoms with Gasteiger partial charge in [-0.15, -0.1) is 6.58 Å². The molecule has 0 bridgehead atoms. The van der Waals surface area contributed by atoms with Crippen LogP contribution in [0.3, 0.4) is 0 Å². The molecule has 132 valence electrons. The quantitative estimate of drug-likeness (QED) is 0.561. The molecule has 0 saturated heterocycles. The summed E-state index contributed by atoms with van der Waals surface area (Å²) in [5, 5.41) is 11.0. The van der Waals surface area contributed by atoms with Gasteiger partial charge in [-0.3, -0.25) is 4.98 Å². The van der Waals surface area contributed by atoms with E-state index in [1.54, 1.807) is 24.4 Å². The van der Waals surface area contributed by atoms with E-state index >= 15 is 0 Å². The number of hydrogen-bond acceptors (Lipinski definition) is 5. The molecule has 3 rings (SSSR count).